The van der Waals surface area contributed by atoms with Crippen LogP contribution in [0.15, 0.2) is 18.2 Å². The van der Waals surface area contributed by atoms with Crippen LogP contribution >= 0.6 is 0 Å². The van der Waals surface area contributed by atoms with Crippen molar-refractivity contribution in [2.24, 2.45) is 0 Å². The van der Waals surface area contributed by atoms with E-state index in [0.717, 1.165) is 30.7 Å². The van der Waals surface area contributed by atoms with Crippen LogP contribution in [-0.4, -0.2) is 38.1 Å². The molecule has 20 heavy (non-hydrogen) atoms. The van der Waals surface area contributed by atoms with E-state index in [4.69, 9.17) is 4.74 Å². The Labute approximate surface area is 117 Å². The number of nitrogens with zero attached hydrogens (tertiary/aromatic N) is 1. The van der Waals surface area contributed by atoms with Gasteiger partial charge in [0.15, 0.2) is 0 Å². The molecule has 0 spiro atoms. The second-order valence-electron chi connectivity index (χ2n) is 5.32. The monoisotopic (exact) mass is 274 g/mol. The minimum Gasteiger partial charge on any atom is -0.376 e. The maximum Gasteiger partial charge on any atom is 0.251 e. The maximum atomic E-state index is 12.1. The predicted octanol–water partition coefficient (Wildman–Crippen LogP) is 1.11. The highest BCUT2D eigenvalue weighted by atomic mass is 16.5. The number of ether oxygens (including phenoxy) is 1. The molecule has 1 atom stereocenters. The van der Waals surface area contributed by atoms with E-state index in [9.17, 15) is 9.59 Å². The van der Waals surface area contributed by atoms with Crippen LogP contribution in [0.5, 0.6) is 0 Å². The summed E-state index contributed by atoms with van der Waals surface area (Å²) in [6.45, 7) is 1.34. The number of amides is 2. The number of carbonyl (C=O) groups excluding carboxylic acids is 2. The van der Waals surface area contributed by atoms with Crippen molar-refractivity contribution in [3.05, 3.63) is 29.3 Å². The molecule has 2 aliphatic rings. The summed E-state index contributed by atoms with van der Waals surface area (Å²) in [6, 6.07) is 5.40. The first-order valence-corrected chi connectivity index (χ1v) is 6.94. The lowest BCUT2D eigenvalue weighted by Gasteiger charge is -2.12. The van der Waals surface area contributed by atoms with Gasteiger partial charge in [-0.05, 0) is 36.6 Å². The van der Waals surface area contributed by atoms with Gasteiger partial charge >= 0.3 is 0 Å². The zero-order chi connectivity index (χ0) is 14.1. The van der Waals surface area contributed by atoms with Gasteiger partial charge in [0, 0.05) is 31.5 Å². The second-order valence-corrected chi connectivity index (χ2v) is 5.32. The van der Waals surface area contributed by atoms with E-state index in [1.54, 1.807) is 18.0 Å². The van der Waals surface area contributed by atoms with Crippen molar-refractivity contribution >= 4 is 17.5 Å². The summed E-state index contributed by atoms with van der Waals surface area (Å²) in [7, 11) is 1.76. The van der Waals surface area contributed by atoms with Crippen molar-refractivity contribution in [3.8, 4) is 0 Å². The van der Waals surface area contributed by atoms with Crippen LogP contribution in [0.4, 0.5) is 5.69 Å². The van der Waals surface area contributed by atoms with Crippen LogP contribution in [0.25, 0.3) is 0 Å². The summed E-state index contributed by atoms with van der Waals surface area (Å²) >= 11 is 0. The number of carbonyl (C=O) groups is 2. The van der Waals surface area contributed by atoms with Crippen LogP contribution in [0.2, 0.25) is 0 Å². The van der Waals surface area contributed by atoms with Gasteiger partial charge in [0.2, 0.25) is 5.91 Å². The lowest BCUT2D eigenvalue weighted by atomic mass is 10.1. The molecule has 1 saturated heterocycles. The molecule has 2 heterocycles. The van der Waals surface area contributed by atoms with Gasteiger partial charge in [-0.2, -0.15) is 0 Å². The van der Waals surface area contributed by atoms with E-state index in [2.05, 4.69) is 5.32 Å². The first kappa shape index (κ1) is 13.1. The third-order valence-electron chi connectivity index (χ3n) is 3.93. The topological polar surface area (TPSA) is 58.6 Å². The molecule has 5 nitrogen and oxygen atoms in total. The molecule has 2 amide bonds. The Morgan fingerprint density at radius 2 is 2.35 bits per heavy atom. The van der Waals surface area contributed by atoms with Crippen molar-refractivity contribution < 1.29 is 14.3 Å². The summed E-state index contributed by atoms with van der Waals surface area (Å²) < 4.78 is 5.48. The number of hydrogen-bond donors (Lipinski definition) is 1. The summed E-state index contributed by atoms with van der Waals surface area (Å²) in [5.41, 5.74) is 2.41. The van der Waals surface area contributed by atoms with Gasteiger partial charge in [0.1, 0.15) is 0 Å². The Kier molecular flexibility index (Phi) is 3.44. The normalized spacial score (nSPS) is 21.1. The molecular formula is C15H18N2O3. The van der Waals surface area contributed by atoms with Crippen LogP contribution in [0.1, 0.15) is 28.8 Å². The molecule has 5 heteroatoms. The molecule has 3 rings (SSSR count). The van der Waals surface area contributed by atoms with E-state index < -0.39 is 0 Å². The molecule has 0 bridgehead atoms. The Morgan fingerprint density at radius 3 is 3.10 bits per heavy atom. The van der Waals surface area contributed by atoms with Crippen LogP contribution in [0.3, 0.4) is 0 Å². The van der Waals surface area contributed by atoms with Crippen LogP contribution in [0, 0.1) is 0 Å². The Hall–Kier alpha value is -1.88. The second kappa shape index (κ2) is 5.25. The van der Waals surface area contributed by atoms with Gasteiger partial charge in [0.25, 0.3) is 5.91 Å². The van der Waals surface area contributed by atoms with E-state index >= 15 is 0 Å². The lowest BCUT2D eigenvalue weighted by molar-refractivity contribution is -0.117. The number of hydrogen-bond acceptors (Lipinski definition) is 3. The highest BCUT2D eigenvalue weighted by Gasteiger charge is 2.25. The van der Waals surface area contributed by atoms with Gasteiger partial charge in [-0.3, -0.25) is 9.59 Å². The number of anilines is 1. The molecule has 0 aliphatic carbocycles. The van der Waals surface area contributed by atoms with Crippen LogP contribution < -0.4 is 10.2 Å². The Morgan fingerprint density at radius 1 is 1.50 bits per heavy atom. The van der Waals surface area contributed by atoms with Crippen molar-refractivity contribution in [2.75, 3.05) is 25.1 Å². The van der Waals surface area contributed by atoms with E-state index in [0.29, 0.717) is 18.5 Å². The predicted molar refractivity (Wildman–Crippen MR) is 74.9 cm³/mol. The quantitative estimate of drug-likeness (QED) is 0.898. The number of likely N-dealkylation sites (N-methyl/N-ethyl adjacent to an activating group) is 1. The standard InChI is InChI=1S/C15H18N2O3/c1-17-13-5-4-10(7-11(13)8-14(17)18)15(19)16-9-12-3-2-6-20-12/h4-5,7,12H,2-3,6,8-9H2,1H3,(H,16,19). The van der Waals surface area contributed by atoms with Crippen molar-refractivity contribution in [1.29, 1.82) is 0 Å². The van der Waals surface area contributed by atoms with E-state index in [-0.39, 0.29) is 17.9 Å². The molecule has 2 aliphatic heterocycles. The molecule has 1 aromatic rings. The third-order valence-corrected chi connectivity index (χ3v) is 3.93. The van der Waals surface area contributed by atoms with Gasteiger partial charge in [-0.25, -0.2) is 0 Å². The SMILES string of the molecule is CN1C(=O)Cc2cc(C(=O)NCC3CCCO3)ccc21. The number of rotatable bonds is 3. The fourth-order valence-corrected chi connectivity index (χ4v) is 2.73. The molecule has 106 valence electrons. The largest absolute Gasteiger partial charge is 0.376 e. The van der Waals surface area contributed by atoms with Crippen LogP contribution in [-0.2, 0) is 16.0 Å². The lowest BCUT2D eigenvalue weighted by Crippen LogP contribution is -2.31. The summed E-state index contributed by atoms with van der Waals surface area (Å²) in [5, 5.41) is 2.89. The third kappa shape index (κ3) is 2.41. The number of fused-ring (bicyclic) bond motifs is 1. The zero-order valence-corrected chi connectivity index (χ0v) is 11.5. The fraction of sp³-hybridized carbons (Fsp3) is 0.467. The highest BCUT2D eigenvalue weighted by Crippen LogP contribution is 2.28. The van der Waals surface area contributed by atoms with Crippen molar-refractivity contribution in [3.63, 3.8) is 0 Å². The minimum atomic E-state index is -0.106. The molecule has 1 fully saturated rings. The summed E-state index contributed by atoms with van der Waals surface area (Å²) in [4.78, 5) is 25.3. The summed E-state index contributed by atoms with van der Waals surface area (Å²) in [5.74, 6) is -0.0396. The maximum absolute atomic E-state index is 12.1. The van der Waals surface area contributed by atoms with Crippen molar-refractivity contribution in [2.45, 2.75) is 25.4 Å². The Balaban J connectivity index is 1.67. The minimum absolute atomic E-state index is 0.0666. The van der Waals surface area contributed by atoms with Gasteiger partial charge < -0.3 is 15.0 Å². The zero-order valence-electron chi connectivity index (χ0n) is 11.5. The molecule has 0 aromatic heterocycles. The van der Waals surface area contributed by atoms with E-state index in [1.807, 2.05) is 12.1 Å². The molecular weight excluding hydrogens is 256 g/mol. The van der Waals surface area contributed by atoms with Gasteiger partial charge in [-0.15, -0.1) is 0 Å². The smallest absolute Gasteiger partial charge is 0.251 e. The van der Waals surface area contributed by atoms with Crippen molar-refractivity contribution in [1.82, 2.24) is 5.32 Å². The average Bonchev–Trinajstić information content (AvgIpc) is 3.05. The number of benzene rings is 1. The Bertz CT molecular complexity index is 550. The fourth-order valence-electron chi connectivity index (χ4n) is 2.73. The van der Waals surface area contributed by atoms with Gasteiger partial charge in [0.05, 0.1) is 12.5 Å². The van der Waals surface area contributed by atoms with E-state index in [1.165, 1.54) is 0 Å². The molecule has 0 saturated carbocycles. The highest BCUT2D eigenvalue weighted by molar-refractivity contribution is 6.03. The first-order chi connectivity index (χ1) is 9.65. The summed E-state index contributed by atoms with van der Waals surface area (Å²) in [6.07, 6.45) is 2.58. The average molecular weight is 274 g/mol. The molecule has 0 radical (unpaired) electrons. The number of nitrogens with one attached hydrogen (secondary N) is 1. The molecule has 1 N–H and O–H groups in total. The van der Waals surface area contributed by atoms with Gasteiger partial charge in [-0.1, -0.05) is 0 Å². The molecule has 1 aromatic carbocycles. The molecule has 1 unspecified atom stereocenters. The first-order valence-electron chi connectivity index (χ1n) is 6.94.